The summed E-state index contributed by atoms with van der Waals surface area (Å²) >= 11 is 6.31. The minimum absolute atomic E-state index is 0.0501. The van der Waals surface area contributed by atoms with Crippen LogP contribution in [0.4, 0.5) is 0 Å². The highest BCUT2D eigenvalue weighted by Gasteiger charge is 2.37. The van der Waals surface area contributed by atoms with E-state index in [1.165, 1.54) is 32.4 Å². The number of carbonyl (C=O) groups excluding carboxylic acids is 1. The number of alkyl halides is 1. The number of halogens is 1. The minimum atomic E-state index is -3.86. The van der Waals surface area contributed by atoms with Crippen molar-refractivity contribution in [3.63, 3.8) is 0 Å². The van der Waals surface area contributed by atoms with E-state index in [0.717, 1.165) is 0 Å². The molecule has 0 aromatic heterocycles. The molecule has 29 heavy (non-hydrogen) atoms. The minimum Gasteiger partial charge on any atom is -0.493 e. The van der Waals surface area contributed by atoms with Crippen molar-refractivity contribution in [1.82, 2.24) is 4.72 Å². The van der Waals surface area contributed by atoms with E-state index in [9.17, 15) is 13.2 Å². The topological polar surface area (TPSA) is 81.7 Å². The first-order valence-corrected chi connectivity index (χ1v) is 11.3. The van der Waals surface area contributed by atoms with Gasteiger partial charge in [-0.2, -0.15) is 0 Å². The predicted octanol–water partition coefficient (Wildman–Crippen LogP) is 3.64. The molecular formula is C21H24ClNO5S. The number of hydrogen-bond donors (Lipinski definition) is 1. The molecule has 3 unspecified atom stereocenters. The van der Waals surface area contributed by atoms with E-state index in [1.54, 1.807) is 24.3 Å². The summed E-state index contributed by atoms with van der Waals surface area (Å²) in [6.07, 6.45) is 1.55. The smallest absolute Gasteiger partial charge is 0.240 e. The second-order valence-electron chi connectivity index (χ2n) is 6.99. The Bertz CT molecular complexity index is 964. The third kappa shape index (κ3) is 4.91. The van der Waals surface area contributed by atoms with Gasteiger partial charge in [0.25, 0.3) is 0 Å². The van der Waals surface area contributed by atoms with Crippen molar-refractivity contribution in [1.29, 1.82) is 0 Å². The van der Waals surface area contributed by atoms with Gasteiger partial charge < -0.3 is 9.47 Å². The molecule has 0 aliphatic heterocycles. The number of Topliss-reactive ketones (excluding diaryl/α,β-unsaturated/α-hetero) is 1. The lowest BCUT2D eigenvalue weighted by molar-refractivity contribution is 0.0866. The Labute approximate surface area is 176 Å². The van der Waals surface area contributed by atoms with Crippen LogP contribution in [0.1, 0.15) is 29.6 Å². The van der Waals surface area contributed by atoms with Crippen molar-refractivity contribution in [2.24, 2.45) is 5.92 Å². The molecule has 6 nitrogen and oxygen atoms in total. The molecule has 0 heterocycles. The molecule has 2 aromatic carbocycles. The van der Waals surface area contributed by atoms with E-state index >= 15 is 0 Å². The van der Waals surface area contributed by atoms with E-state index in [1.807, 2.05) is 6.07 Å². The average Bonchev–Trinajstić information content (AvgIpc) is 2.74. The largest absolute Gasteiger partial charge is 0.493 e. The van der Waals surface area contributed by atoms with Gasteiger partial charge in [-0.25, -0.2) is 13.1 Å². The number of ether oxygens (including phenoxy) is 2. The first kappa shape index (κ1) is 21.6. The zero-order valence-corrected chi connectivity index (χ0v) is 17.9. The van der Waals surface area contributed by atoms with Gasteiger partial charge in [0.2, 0.25) is 10.0 Å². The van der Waals surface area contributed by atoms with E-state index in [4.69, 9.17) is 21.1 Å². The molecule has 1 fully saturated rings. The van der Waals surface area contributed by atoms with E-state index in [0.29, 0.717) is 36.3 Å². The van der Waals surface area contributed by atoms with Crippen molar-refractivity contribution in [3.05, 3.63) is 54.1 Å². The summed E-state index contributed by atoms with van der Waals surface area (Å²) in [5, 5.41) is -0.158. The molecule has 0 bridgehead atoms. The first-order valence-electron chi connectivity index (χ1n) is 9.33. The second kappa shape index (κ2) is 9.15. The number of hydrogen-bond acceptors (Lipinski definition) is 5. The maximum atomic E-state index is 13.0. The molecule has 156 valence electrons. The van der Waals surface area contributed by atoms with Gasteiger partial charge >= 0.3 is 0 Å². The number of carbonyl (C=O) groups is 1. The van der Waals surface area contributed by atoms with Gasteiger partial charge in [0.05, 0.1) is 19.1 Å². The summed E-state index contributed by atoms with van der Waals surface area (Å²) in [5.41, 5.74) is 0.554. The predicted molar refractivity (Wildman–Crippen MR) is 111 cm³/mol. The zero-order valence-electron chi connectivity index (χ0n) is 16.3. The van der Waals surface area contributed by atoms with Crippen molar-refractivity contribution in [2.75, 3.05) is 14.2 Å². The summed E-state index contributed by atoms with van der Waals surface area (Å²) in [4.78, 5) is 13.1. The third-order valence-electron chi connectivity index (χ3n) is 5.15. The Morgan fingerprint density at radius 3 is 2.38 bits per heavy atom. The van der Waals surface area contributed by atoms with E-state index in [2.05, 4.69) is 4.72 Å². The molecule has 3 atom stereocenters. The quantitative estimate of drug-likeness (QED) is 0.528. The lowest BCUT2D eigenvalue weighted by Gasteiger charge is -2.33. The third-order valence-corrected chi connectivity index (χ3v) is 7.04. The molecule has 2 aromatic rings. The lowest BCUT2D eigenvalue weighted by atomic mass is 9.80. The molecule has 0 radical (unpaired) electrons. The van der Waals surface area contributed by atoms with Crippen molar-refractivity contribution in [2.45, 2.75) is 35.6 Å². The van der Waals surface area contributed by atoms with Crippen LogP contribution in [-0.2, 0) is 10.0 Å². The number of methoxy groups -OCH3 is 2. The Hall–Kier alpha value is -2.09. The zero-order chi connectivity index (χ0) is 21.0. The van der Waals surface area contributed by atoms with Crippen LogP contribution in [0, 0.1) is 5.92 Å². The summed E-state index contributed by atoms with van der Waals surface area (Å²) in [7, 11) is -0.941. The van der Waals surface area contributed by atoms with Crippen LogP contribution in [0.25, 0.3) is 0 Å². The normalized spacial score (nSPS) is 22.1. The van der Waals surface area contributed by atoms with Crippen LogP contribution in [0.5, 0.6) is 11.5 Å². The van der Waals surface area contributed by atoms with Crippen LogP contribution in [0.2, 0.25) is 0 Å². The highest BCUT2D eigenvalue weighted by atomic mass is 35.5. The second-order valence-corrected chi connectivity index (χ2v) is 9.32. The van der Waals surface area contributed by atoms with Crippen LogP contribution in [-0.4, -0.2) is 39.8 Å². The van der Waals surface area contributed by atoms with Gasteiger partial charge in [0.15, 0.2) is 17.3 Å². The summed E-state index contributed by atoms with van der Waals surface area (Å²) < 4.78 is 39.1. The van der Waals surface area contributed by atoms with Gasteiger partial charge in [-0.05, 0) is 31.4 Å². The molecule has 1 aliphatic carbocycles. The van der Waals surface area contributed by atoms with Gasteiger partial charge in [0.1, 0.15) is 0 Å². The average molecular weight is 438 g/mol. The van der Waals surface area contributed by atoms with Crippen LogP contribution in [0.3, 0.4) is 0 Å². The maximum Gasteiger partial charge on any atom is 0.240 e. The Morgan fingerprint density at radius 1 is 1.03 bits per heavy atom. The molecule has 3 rings (SSSR count). The van der Waals surface area contributed by atoms with Gasteiger partial charge in [-0.3, -0.25) is 4.79 Å². The molecule has 1 aliphatic rings. The molecule has 0 amide bonds. The Morgan fingerprint density at radius 2 is 1.72 bits per heavy atom. The fourth-order valence-electron chi connectivity index (χ4n) is 3.62. The Balaban J connectivity index is 1.86. The summed E-state index contributed by atoms with van der Waals surface area (Å²) in [5.74, 6) is 0.127. The number of nitrogens with one attached hydrogen (secondary N) is 1. The number of benzene rings is 2. The highest BCUT2D eigenvalue weighted by Crippen LogP contribution is 2.33. The maximum absolute atomic E-state index is 13.0. The van der Waals surface area contributed by atoms with Crippen LogP contribution >= 0.6 is 11.6 Å². The highest BCUT2D eigenvalue weighted by molar-refractivity contribution is 7.89. The van der Waals surface area contributed by atoms with Gasteiger partial charge in [0, 0.05) is 29.0 Å². The summed E-state index contributed by atoms with van der Waals surface area (Å²) in [6.45, 7) is 0. The number of rotatable bonds is 7. The summed E-state index contributed by atoms with van der Waals surface area (Å²) in [6, 6.07) is 12.7. The number of ketones is 1. The van der Waals surface area contributed by atoms with Crippen molar-refractivity contribution in [3.8, 4) is 11.5 Å². The molecule has 0 saturated heterocycles. The fourth-order valence-corrected chi connectivity index (χ4v) is 5.26. The molecular weight excluding hydrogens is 414 g/mol. The monoisotopic (exact) mass is 437 g/mol. The molecule has 0 spiro atoms. The SMILES string of the molecule is COc1ccc(S(=O)(=O)NC2CCC(Cl)CC2C(=O)c2ccccc2)cc1OC. The number of sulfonamides is 1. The van der Waals surface area contributed by atoms with Crippen LogP contribution < -0.4 is 14.2 Å². The van der Waals surface area contributed by atoms with Gasteiger partial charge in [-0.15, -0.1) is 11.6 Å². The lowest BCUT2D eigenvalue weighted by Crippen LogP contribution is -2.47. The van der Waals surface area contributed by atoms with E-state index < -0.39 is 22.0 Å². The van der Waals surface area contributed by atoms with E-state index in [-0.39, 0.29) is 16.1 Å². The van der Waals surface area contributed by atoms with Crippen molar-refractivity contribution >= 4 is 27.4 Å². The first-order chi connectivity index (χ1) is 13.9. The van der Waals surface area contributed by atoms with Crippen LogP contribution in [0.15, 0.2) is 53.4 Å². The fraction of sp³-hybridized carbons (Fsp3) is 0.381. The standard InChI is InChI=1S/C21H24ClNO5S/c1-27-19-11-9-16(13-20(19)28-2)29(25,26)23-18-10-8-15(22)12-17(18)21(24)14-6-4-3-5-7-14/h3-7,9,11,13,15,17-18,23H,8,10,12H2,1-2H3. The molecule has 8 heteroatoms. The van der Waals surface area contributed by atoms with Crippen molar-refractivity contribution < 1.29 is 22.7 Å². The Kier molecular flexibility index (Phi) is 6.82. The molecule has 1 saturated carbocycles. The molecule has 1 N–H and O–H groups in total. The van der Waals surface area contributed by atoms with Gasteiger partial charge in [-0.1, -0.05) is 30.3 Å².